The fourth-order valence-electron chi connectivity index (χ4n) is 4.94. The van der Waals surface area contributed by atoms with Crippen molar-refractivity contribution in [2.24, 2.45) is 5.92 Å². The molecule has 8 heteroatoms. The summed E-state index contributed by atoms with van der Waals surface area (Å²) in [7, 11) is 0. The van der Waals surface area contributed by atoms with Crippen LogP contribution in [-0.4, -0.2) is 27.3 Å². The Morgan fingerprint density at radius 3 is 2.41 bits per heavy atom. The van der Waals surface area contributed by atoms with Crippen LogP contribution in [0.4, 0.5) is 13.2 Å². The van der Waals surface area contributed by atoms with Gasteiger partial charge in [0, 0.05) is 15.8 Å². The number of pyridine rings is 1. The van der Waals surface area contributed by atoms with Crippen LogP contribution in [0, 0.1) is 5.92 Å². The molecule has 32 heavy (non-hydrogen) atoms. The Balaban J connectivity index is 1.76. The molecule has 0 saturated heterocycles. The van der Waals surface area contributed by atoms with Gasteiger partial charge in [0.2, 0.25) is 0 Å². The van der Waals surface area contributed by atoms with E-state index in [1.165, 1.54) is 0 Å². The second kappa shape index (κ2) is 7.10. The van der Waals surface area contributed by atoms with Crippen LogP contribution in [-0.2, 0) is 18.3 Å². The first kappa shape index (κ1) is 21.1. The van der Waals surface area contributed by atoms with Gasteiger partial charge < -0.3 is 10.2 Å². The van der Waals surface area contributed by atoms with E-state index in [2.05, 4.69) is 4.98 Å². The highest BCUT2D eigenvalue weighted by atomic mass is 35.5. The molecule has 5 rings (SSSR count). The van der Waals surface area contributed by atoms with E-state index in [0.717, 1.165) is 11.1 Å². The minimum Gasteiger partial charge on any atom is -0.505 e. The highest BCUT2D eigenvalue weighted by Crippen LogP contribution is 2.56. The number of alkyl halides is 3. The van der Waals surface area contributed by atoms with Gasteiger partial charge in [-0.1, -0.05) is 35.9 Å². The molecule has 2 aliphatic rings. The van der Waals surface area contributed by atoms with Crippen LogP contribution in [0.25, 0.3) is 10.9 Å². The first-order valence-corrected chi connectivity index (χ1v) is 10.7. The number of aromatic carboxylic acids is 1. The van der Waals surface area contributed by atoms with Gasteiger partial charge in [-0.2, -0.15) is 13.2 Å². The lowest BCUT2D eigenvalue weighted by molar-refractivity contribution is -0.176. The Labute approximate surface area is 186 Å². The maximum Gasteiger partial charge on any atom is 0.392 e. The Hall–Kier alpha value is -2.80. The van der Waals surface area contributed by atoms with Crippen molar-refractivity contribution in [1.82, 2.24) is 4.98 Å². The predicted octanol–water partition coefficient (Wildman–Crippen LogP) is 6.04. The number of aromatic hydroxyl groups is 1. The zero-order valence-electron chi connectivity index (χ0n) is 16.8. The molecular weight excluding hydrogens is 443 g/mol. The summed E-state index contributed by atoms with van der Waals surface area (Å²) in [5.41, 5.74) is 1.43. The minimum atomic E-state index is -4.34. The Morgan fingerprint density at radius 1 is 1.12 bits per heavy atom. The molecule has 0 spiro atoms. The van der Waals surface area contributed by atoms with E-state index in [1.807, 2.05) is 0 Å². The number of nitrogens with zero attached hydrogens (tertiary/aromatic N) is 1. The normalized spacial score (nSPS) is 19.6. The number of aromatic nitrogens is 1. The van der Waals surface area contributed by atoms with E-state index in [1.54, 1.807) is 36.4 Å². The van der Waals surface area contributed by atoms with Gasteiger partial charge in [0.25, 0.3) is 0 Å². The van der Waals surface area contributed by atoms with Crippen molar-refractivity contribution in [2.75, 3.05) is 0 Å². The lowest BCUT2D eigenvalue weighted by Gasteiger charge is -2.28. The number of aryl methyl sites for hydroxylation is 1. The summed E-state index contributed by atoms with van der Waals surface area (Å²) in [4.78, 5) is 16.8. The molecular formula is C24H19ClF3NO3. The van der Waals surface area contributed by atoms with Gasteiger partial charge in [-0.3, -0.25) is 0 Å². The monoisotopic (exact) mass is 461 g/mol. The number of benzene rings is 2. The summed E-state index contributed by atoms with van der Waals surface area (Å²) in [5.74, 6) is -3.27. The molecule has 2 aliphatic carbocycles. The first-order valence-electron chi connectivity index (χ1n) is 10.4. The largest absolute Gasteiger partial charge is 0.505 e. The summed E-state index contributed by atoms with van der Waals surface area (Å²) >= 11 is 6.00. The zero-order chi connectivity index (χ0) is 22.8. The topological polar surface area (TPSA) is 70.4 Å². The molecule has 1 heterocycles. The first-order chi connectivity index (χ1) is 15.1. The number of carboxylic acids is 1. The van der Waals surface area contributed by atoms with Crippen LogP contribution in [0.2, 0.25) is 5.02 Å². The lowest BCUT2D eigenvalue weighted by atomic mass is 9.81. The third-order valence-corrected chi connectivity index (χ3v) is 7.08. The van der Waals surface area contributed by atoms with Gasteiger partial charge in [0.15, 0.2) is 5.75 Å². The van der Waals surface area contributed by atoms with E-state index < -0.39 is 29.2 Å². The Kier molecular flexibility index (Phi) is 4.68. The molecule has 0 bridgehead atoms. The van der Waals surface area contributed by atoms with Crippen molar-refractivity contribution in [3.63, 3.8) is 0 Å². The number of fused-ring (bicyclic) bond motifs is 3. The lowest BCUT2D eigenvalue weighted by Crippen LogP contribution is -2.29. The smallest absolute Gasteiger partial charge is 0.392 e. The maximum atomic E-state index is 13.5. The summed E-state index contributed by atoms with van der Waals surface area (Å²) < 4.78 is 40.4. The average molecular weight is 462 g/mol. The number of hydrogen-bond acceptors (Lipinski definition) is 3. The molecule has 2 N–H and O–H groups in total. The van der Waals surface area contributed by atoms with Crippen LogP contribution < -0.4 is 0 Å². The molecule has 1 aromatic heterocycles. The molecule has 1 saturated carbocycles. The third-order valence-electron chi connectivity index (χ3n) is 6.82. The van der Waals surface area contributed by atoms with Crippen molar-refractivity contribution in [2.45, 2.75) is 43.7 Å². The second-order valence-corrected chi connectivity index (χ2v) is 9.10. The van der Waals surface area contributed by atoms with E-state index in [4.69, 9.17) is 11.6 Å². The molecule has 0 amide bonds. The molecule has 0 aliphatic heterocycles. The average Bonchev–Trinajstić information content (AvgIpc) is 3.54. The predicted molar refractivity (Wildman–Crippen MR) is 113 cm³/mol. The van der Waals surface area contributed by atoms with Crippen molar-refractivity contribution in [3.05, 3.63) is 69.4 Å². The van der Waals surface area contributed by atoms with E-state index in [0.29, 0.717) is 23.4 Å². The number of carboxylic acid groups (broad SMARTS) is 1. The standard InChI is InChI=1S/C24H19ClF3NO3/c25-15-6-4-13(5-7-15)23(9-10-23)21-20(30)18(22(31)32)16-8-2-12-1-3-14(24(26,27)28)11-17(12)19(16)29-21/h2,4-8,14,30H,1,3,9-11H2,(H,31,32). The summed E-state index contributed by atoms with van der Waals surface area (Å²) in [6.07, 6.45) is -3.07. The van der Waals surface area contributed by atoms with E-state index in [-0.39, 0.29) is 41.4 Å². The van der Waals surface area contributed by atoms with Crippen LogP contribution in [0.3, 0.4) is 0 Å². The van der Waals surface area contributed by atoms with Gasteiger partial charge in [0.1, 0.15) is 5.56 Å². The van der Waals surface area contributed by atoms with Crippen molar-refractivity contribution in [1.29, 1.82) is 0 Å². The summed E-state index contributed by atoms with van der Waals surface area (Å²) in [6.45, 7) is 0. The molecule has 1 unspecified atom stereocenters. The van der Waals surface area contributed by atoms with Gasteiger partial charge >= 0.3 is 12.1 Å². The molecule has 3 aromatic rings. The number of halogens is 4. The summed E-state index contributed by atoms with van der Waals surface area (Å²) in [6, 6.07) is 10.2. The fourth-order valence-corrected chi connectivity index (χ4v) is 5.07. The highest BCUT2D eigenvalue weighted by molar-refractivity contribution is 6.30. The van der Waals surface area contributed by atoms with Crippen LogP contribution in [0.5, 0.6) is 5.75 Å². The van der Waals surface area contributed by atoms with Crippen LogP contribution >= 0.6 is 11.6 Å². The SMILES string of the molecule is O=C(O)c1c(O)c(C2(c3ccc(Cl)cc3)CC2)nc2c3c(ccc12)CCC(C(F)(F)F)C3. The van der Waals surface area contributed by atoms with Gasteiger partial charge in [-0.05, 0) is 60.9 Å². The van der Waals surface area contributed by atoms with Crippen LogP contribution in [0.15, 0.2) is 36.4 Å². The highest BCUT2D eigenvalue weighted by Gasteiger charge is 2.50. The van der Waals surface area contributed by atoms with Gasteiger partial charge in [-0.15, -0.1) is 0 Å². The van der Waals surface area contributed by atoms with E-state index >= 15 is 0 Å². The number of hydrogen-bond donors (Lipinski definition) is 2. The fraction of sp³-hybridized carbons (Fsp3) is 0.333. The molecule has 0 radical (unpaired) electrons. The molecule has 166 valence electrons. The molecule has 1 atom stereocenters. The number of rotatable bonds is 3. The van der Waals surface area contributed by atoms with E-state index in [9.17, 15) is 28.2 Å². The molecule has 4 nitrogen and oxygen atoms in total. The Bertz CT molecular complexity index is 1250. The maximum absolute atomic E-state index is 13.5. The van der Waals surface area contributed by atoms with Crippen molar-refractivity contribution >= 4 is 28.5 Å². The zero-order valence-corrected chi connectivity index (χ0v) is 17.6. The quantitative estimate of drug-likeness (QED) is 0.499. The van der Waals surface area contributed by atoms with Gasteiger partial charge in [-0.25, -0.2) is 9.78 Å². The van der Waals surface area contributed by atoms with Gasteiger partial charge in [0.05, 0.1) is 17.1 Å². The molecule has 1 fully saturated rings. The number of carbonyl (C=O) groups is 1. The molecule has 2 aromatic carbocycles. The van der Waals surface area contributed by atoms with Crippen LogP contribution in [0.1, 0.15) is 52.0 Å². The van der Waals surface area contributed by atoms with Crippen molar-refractivity contribution < 1.29 is 28.2 Å². The third kappa shape index (κ3) is 3.22. The minimum absolute atomic E-state index is 0.00650. The Morgan fingerprint density at radius 2 is 1.81 bits per heavy atom. The second-order valence-electron chi connectivity index (χ2n) is 8.66. The summed E-state index contributed by atoms with van der Waals surface area (Å²) in [5, 5.41) is 21.6. The van der Waals surface area contributed by atoms with Crippen molar-refractivity contribution in [3.8, 4) is 5.75 Å².